The van der Waals surface area contributed by atoms with Gasteiger partial charge in [-0.2, -0.15) is 10.1 Å². The van der Waals surface area contributed by atoms with Crippen molar-refractivity contribution in [2.45, 2.75) is 13.0 Å². The highest BCUT2D eigenvalue weighted by atomic mass is 16.6. The Morgan fingerprint density at radius 3 is 2.93 bits per heavy atom. The molecule has 142 valence electrons. The van der Waals surface area contributed by atoms with Crippen molar-refractivity contribution in [2.24, 2.45) is 5.92 Å². The minimum absolute atomic E-state index is 0.0819. The lowest BCUT2D eigenvalue weighted by Gasteiger charge is -2.33. The second-order valence-electron chi connectivity index (χ2n) is 6.01. The summed E-state index contributed by atoms with van der Waals surface area (Å²) < 4.78 is 11.7. The van der Waals surface area contributed by atoms with E-state index < -0.39 is 22.9 Å². The van der Waals surface area contributed by atoms with Crippen LogP contribution < -0.4 is 5.32 Å². The highest BCUT2D eigenvalue weighted by molar-refractivity contribution is 5.79. The third-order valence-corrected chi connectivity index (χ3v) is 4.17. The Bertz CT molecular complexity index is 894. The molecule has 2 aromatic rings. The normalized spacial score (nSPS) is 18.5. The maximum atomic E-state index is 12.7. The molecule has 0 bridgehead atoms. The van der Waals surface area contributed by atoms with Gasteiger partial charge in [-0.25, -0.2) is 4.68 Å². The summed E-state index contributed by atoms with van der Waals surface area (Å²) in [5, 5.41) is 18.5. The van der Waals surface area contributed by atoms with E-state index in [9.17, 15) is 14.9 Å². The first-order valence-electron chi connectivity index (χ1n) is 8.21. The van der Waals surface area contributed by atoms with E-state index in [2.05, 4.69) is 22.0 Å². The number of hydrogen-bond acceptors (Lipinski definition) is 8. The van der Waals surface area contributed by atoms with Gasteiger partial charge in [-0.3, -0.25) is 14.9 Å². The number of methoxy groups -OCH3 is 1. The van der Waals surface area contributed by atoms with Crippen LogP contribution in [-0.2, 0) is 14.3 Å². The Morgan fingerprint density at radius 1 is 1.44 bits per heavy atom. The number of nitrogens with one attached hydrogen (secondary N) is 1. The first-order valence-corrected chi connectivity index (χ1v) is 8.21. The van der Waals surface area contributed by atoms with Gasteiger partial charge in [-0.15, -0.1) is 0 Å². The molecule has 0 radical (unpaired) electrons. The number of benzene rings is 1. The van der Waals surface area contributed by atoms with E-state index in [0.29, 0.717) is 23.0 Å². The van der Waals surface area contributed by atoms with Crippen molar-refractivity contribution in [3.63, 3.8) is 0 Å². The van der Waals surface area contributed by atoms with Crippen LogP contribution >= 0.6 is 0 Å². The maximum absolute atomic E-state index is 12.7. The Kier molecular flexibility index (Phi) is 5.17. The molecule has 1 aromatic heterocycles. The van der Waals surface area contributed by atoms with Gasteiger partial charge in [-0.05, 0) is 12.5 Å². The van der Waals surface area contributed by atoms with Gasteiger partial charge in [-0.1, -0.05) is 18.7 Å². The van der Waals surface area contributed by atoms with Crippen molar-refractivity contribution < 1.29 is 19.2 Å². The summed E-state index contributed by atoms with van der Waals surface area (Å²) in [6, 6.07) is 5.39. The monoisotopic (exact) mass is 373 g/mol. The Morgan fingerprint density at radius 2 is 2.22 bits per heavy atom. The highest BCUT2D eigenvalue weighted by Gasteiger charge is 2.41. The number of carbonyl (C=O) groups excluding carboxylic acids is 1. The number of non-ortho nitro benzene ring substituents is 1. The first-order chi connectivity index (χ1) is 12.9. The van der Waals surface area contributed by atoms with Gasteiger partial charge < -0.3 is 14.8 Å². The molecule has 10 heteroatoms. The summed E-state index contributed by atoms with van der Waals surface area (Å²) in [6.45, 7) is 5.99. The van der Waals surface area contributed by atoms with Gasteiger partial charge in [0.05, 0.1) is 17.6 Å². The number of esters is 1. The first kappa shape index (κ1) is 18.5. The fourth-order valence-corrected chi connectivity index (χ4v) is 3.00. The Hall–Kier alpha value is -3.27. The van der Waals surface area contributed by atoms with Crippen LogP contribution in [0.2, 0.25) is 0 Å². The average Bonchev–Trinajstić information content (AvgIpc) is 3.00. The average molecular weight is 373 g/mol. The molecule has 0 amide bonds. The number of rotatable bonds is 6. The van der Waals surface area contributed by atoms with Crippen LogP contribution in [0.4, 0.5) is 11.6 Å². The Labute approximate surface area is 154 Å². The molecule has 0 saturated carbocycles. The van der Waals surface area contributed by atoms with Gasteiger partial charge >= 0.3 is 5.97 Å². The van der Waals surface area contributed by atoms with E-state index in [1.807, 2.05) is 0 Å². The molecule has 1 aliphatic heterocycles. The zero-order valence-corrected chi connectivity index (χ0v) is 14.9. The molecule has 27 heavy (non-hydrogen) atoms. The summed E-state index contributed by atoms with van der Waals surface area (Å²) in [7, 11) is 1.51. The summed E-state index contributed by atoms with van der Waals surface area (Å²) in [4.78, 5) is 27.7. The summed E-state index contributed by atoms with van der Waals surface area (Å²) in [5.41, 5.74) is 0.835. The molecular formula is C17H19N5O5. The third-order valence-electron chi connectivity index (χ3n) is 4.17. The second kappa shape index (κ2) is 7.54. The summed E-state index contributed by atoms with van der Waals surface area (Å²) in [5.74, 6) is -0.457. The molecule has 0 aliphatic carbocycles. The molecule has 2 heterocycles. The van der Waals surface area contributed by atoms with Crippen LogP contribution in [0.3, 0.4) is 0 Å². The van der Waals surface area contributed by atoms with Crippen molar-refractivity contribution in [1.29, 1.82) is 0 Å². The molecule has 2 atom stereocenters. The summed E-state index contributed by atoms with van der Waals surface area (Å²) in [6.07, 6.45) is 0. The number of aromatic nitrogens is 3. The highest BCUT2D eigenvalue weighted by Crippen LogP contribution is 2.38. The molecule has 0 saturated heterocycles. The molecular weight excluding hydrogens is 354 g/mol. The van der Waals surface area contributed by atoms with E-state index in [1.165, 1.54) is 23.9 Å². The minimum atomic E-state index is -0.836. The smallest absolute Gasteiger partial charge is 0.317 e. The van der Waals surface area contributed by atoms with Gasteiger partial charge in [0.2, 0.25) is 5.95 Å². The Balaban J connectivity index is 2.05. The number of anilines is 1. The van der Waals surface area contributed by atoms with Gasteiger partial charge in [0.1, 0.15) is 18.3 Å². The molecule has 1 aliphatic rings. The molecule has 0 fully saturated rings. The molecule has 1 N–H and O–H groups in total. The molecule has 0 spiro atoms. The maximum Gasteiger partial charge on any atom is 0.317 e. The number of nitro benzene ring substituents is 1. The second-order valence-corrected chi connectivity index (χ2v) is 6.01. The topological polar surface area (TPSA) is 121 Å². The SMILES string of the molecule is C=C1Nc2nc(C)nn2[C@H](c2cccc([N+](=O)[O-])c2)[C@H]1C(=O)OCCOC. The number of nitro groups is 1. The predicted molar refractivity (Wildman–Crippen MR) is 95.1 cm³/mol. The van der Waals surface area contributed by atoms with E-state index >= 15 is 0 Å². The van der Waals surface area contributed by atoms with Crippen molar-refractivity contribution in [3.8, 4) is 0 Å². The lowest BCUT2D eigenvalue weighted by Crippen LogP contribution is -2.38. The van der Waals surface area contributed by atoms with Crippen LogP contribution in [0.1, 0.15) is 17.4 Å². The van der Waals surface area contributed by atoms with Crippen LogP contribution in [0.25, 0.3) is 0 Å². The van der Waals surface area contributed by atoms with Crippen LogP contribution in [0, 0.1) is 23.0 Å². The van der Waals surface area contributed by atoms with E-state index in [0.717, 1.165) is 0 Å². The van der Waals surface area contributed by atoms with Crippen molar-refractivity contribution in [1.82, 2.24) is 14.8 Å². The molecule has 3 rings (SSSR count). The molecule has 0 unspecified atom stereocenters. The van der Waals surface area contributed by atoms with Crippen LogP contribution in [0.5, 0.6) is 0 Å². The molecule has 10 nitrogen and oxygen atoms in total. The molecule has 1 aromatic carbocycles. The number of ether oxygens (including phenoxy) is 2. The van der Waals surface area contributed by atoms with Crippen molar-refractivity contribution in [3.05, 3.63) is 58.0 Å². The summed E-state index contributed by atoms with van der Waals surface area (Å²) >= 11 is 0. The van der Waals surface area contributed by atoms with Crippen LogP contribution in [0.15, 0.2) is 36.5 Å². The minimum Gasteiger partial charge on any atom is -0.463 e. The van der Waals surface area contributed by atoms with Gasteiger partial charge in [0.25, 0.3) is 5.69 Å². The van der Waals surface area contributed by atoms with Crippen molar-refractivity contribution in [2.75, 3.05) is 25.6 Å². The van der Waals surface area contributed by atoms with E-state index in [-0.39, 0.29) is 18.9 Å². The third kappa shape index (κ3) is 3.65. The lowest BCUT2D eigenvalue weighted by atomic mass is 9.89. The van der Waals surface area contributed by atoms with E-state index in [1.54, 1.807) is 19.1 Å². The van der Waals surface area contributed by atoms with Gasteiger partial charge in [0.15, 0.2) is 0 Å². The number of carbonyl (C=O) groups is 1. The van der Waals surface area contributed by atoms with Gasteiger partial charge in [0, 0.05) is 24.9 Å². The predicted octanol–water partition coefficient (Wildman–Crippen LogP) is 1.83. The number of fused-ring (bicyclic) bond motifs is 1. The van der Waals surface area contributed by atoms with Crippen LogP contribution in [-0.4, -0.2) is 46.0 Å². The fraction of sp³-hybridized carbons (Fsp3) is 0.353. The quantitative estimate of drug-likeness (QED) is 0.352. The number of hydrogen-bond donors (Lipinski definition) is 1. The number of aryl methyl sites for hydroxylation is 1. The van der Waals surface area contributed by atoms with E-state index in [4.69, 9.17) is 9.47 Å². The fourth-order valence-electron chi connectivity index (χ4n) is 3.00. The number of nitrogens with zero attached hydrogens (tertiary/aromatic N) is 4. The van der Waals surface area contributed by atoms with Crippen molar-refractivity contribution >= 4 is 17.6 Å². The zero-order chi connectivity index (χ0) is 19.6. The zero-order valence-electron chi connectivity index (χ0n) is 14.9. The lowest BCUT2D eigenvalue weighted by molar-refractivity contribution is -0.384. The standard InChI is InChI=1S/C17H19N5O5/c1-10-14(16(23)27-8-7-26-3)15(21-17(18-10)19-11(2)20-21)12-5-4-6-13(9-12)22(24)25/h4-6,9,14-15H,1,7-8H2,2-3H3,(H,18,19,20)/t14-,15+/m0/s1. The largest absolute Gasteiger partial charge is 0.463 e.